The summed E-state index contributed by atoms with van der Waals surface area (Å²) in [6, 6.07) is 23.6. The van der Waals surface area contributed by atoms with Crippen LogP contribution in [0.4, 0.5) is 0 Å². The van der Waals surface area contributed by atoms with Crippen molar-refractivity contribution in [1.82, 2.24) is 25.4 Å². The van der Waals surface area contributed by atoms with Crippen LogP contribution in [-0.2, 0) is 16.0 Å². The van der Waals surface area contributed by atoms with Gasteiger partial charge in [-0.2, -0.15) is 0 Å². The summed E-state index contributed by atoms with van der Waals surface area (Å²) in [5.41, 5.74) is 4.04. The second-order valence-corrected chi connectivity index (χ2v) is 14.9. The molecule has 2 amide bonds. The van der Waals surface area contributed by atoms with Gasteiger partial charge < -0.3 is 25.0 Å². The molecule has 6 rings (SSSR count). The van der Waals surface area contributed by atoms with Crippen LogP contribution in [0.1, 0.15) is 40.8 Å². The van der Waals surface area contributed by atoms with E-state index in [1.54, 1.807) is 31.4 Å². The molecule has 1 aliphatic rings. The van der Waals surface area contributed by atoms with E-state index in [0.717, 1.165) is 33.2 Å². The van der Waals surface area contributed by atoms with Gasteiger partial charge in [-0.05, 0) is 71.7 Å². The molecular weight excluding hydrogens is 648 g/mol. The second kappa shape index (κ2) is 13.7. The number of aromatic nitrogens is 3. The third-order valence-corrected chi connectivity index (χ3v) is 9.92. The SMILES string of the molecule is COc1ccc2c(c1)C(c1ccc(Cl)cc1)=N[C@@H](CC(=O)NCC(=O)NCCc1ccc3ccc([Si](C)(O)O)cc3c1)c1nnc(C)n1-2. The molecule has 1 aliphatic heterocycles. The number of aryl methyl sites for hydroxylation is 1. The zero-order chi connectivity index (χ0) is 34.0. The van der Waals surface area contributed by atoms with Gasteiger partial charge in [-0.1, -0.05) is 60.1 Å². The molecule has 0 saturated heterocycles. The van der Waals surface area contributed by atoms with E-state index < -0.39 is 14.6 Å². The monoisotopic (exact) mass is 682 g/mol. The number of rotatable bonds is 10. The number of aliphatic imine (C=N–C) groups is 1. The Kier molecular flexibility index (Phi) is 9.42. The van der Waals surface area contributed by atoms with Gasteiger partial charge in [0.15, 0.2) is 5.82 Å². The number of ether oxygens (including phenoxy) is 1. The molecular formula is C35H35ClN6O5Si. The van der Waals surface area contributed by atoms with E-state index >= 15 is 0 Å². The number of nitrogens with one attached hydrogen (secondary N) is 2. The number of carbonyl (C=O) groups excluding carboxylic acids is 2. The van der Waals surface area contributed by atoms with Gasteiger partial charge in [0, 0.05) is 22.7 Å². The molecule has 4 N–H and O–H groups in total. The average molecular weight is 683 g/mol. The third-order valence-electron chi connectivity index (χ3n) is 8.26. The smallest absolute Gasteiger partial charge is 0.363 e. The van der Waals surface area contributed by atoms with E-state index in [-0.39, 0.29) is 24.8 Å². The Balaban J connectivity index is 1.13. The van der Waals surface area contributed by atoms with Crippen LogP contribution >= 0.6 is 11.6 Å². The number of amides is 2. The summed E-state index contributed by atoms with van der Waals surface area (Å²) in [5, 5.41) is 17.3. The molecule has 13 heteroatoms. The lowest BCUT2D eigenvalue weighted by atomic mass is 10.00. The second-order valence-electron chi connectivity index (χ2n) is 11.8. The van der Waals surface area contributed by atoms with Crippen LogP contribution in [0.25, 0.3) is 16.5 Å². The van der Waals surface area contributed by atoms with Crippen molar-refractivity contribution in [1.29, 1.82) is 0 Å². The molecule has 0 bridgehead atoms. The van der Waals surface area contributed by atoms with Gasteiger partial charge in [-0.15, -0.1) is 10.2 Å². The standard InChI is InChI=1S/C35H35ClN6O5Si/c1-21-40-41-35-30(39-34(24-6-9-26(36)10-7-24)29-18-27(47-2)11-13-31(29)42(21)35)19-32(43)38-20-33(44)37-15-14-22-4-5-23-8-12-28(48(3,45)46)17-25(23)16-22/h4-13,16-18,30,45-46H,14-15,19-20H2,1-3H3,(H,37,44)(H,38,43)/t30-/m0/s1. The van der Waals surface area contributed by atoms with Gasteiger partial charge in [0.05, 0.1) is 31.5 Å². The van der Waals surface area contributed by atoms with Crippen LogP contribution in [0.5, 0.6) is 5.75 Å². The van der Waals surface area contributed by atoms with Crippen molar-refractivity contribution in [2.24, 2.45) is 4.99 Å². The maximum atomic E-state index is 13.2. The molecule has 0 spiro atoms. The summed E-state index contributed by atoms with van der Waals surface area (Å²) in [5.74, 6) is 1.12. The van der Waals surface area contributed by atoms with Gasteiger partial charge in [-0.25, -0.2) is 0 Å². The molecule has 0 aliphatic carbocycles. The Morgan fingerprint density at radius 2 is 1.71 bits per heavy atom. The predicted octanol–water partition coefficient (Wildman–Crippen LogP) is 3.41. The van der Waals surface area contributed by atoms with Gasteiger partial charge >= 0.3 is 8.56 Å². The van der Waals surface area contributed by atoms with E-state index in [0.29, 0.717) is 46.3 Å². The van der Waals surface area contributed by atoms with Crippen molar-refractivity contribution in [3.8, 4) is 11.4 Å². The lowest BCUT2D eigenvalue weighted by Crippen LogP contribution is -2.44. The molecule has 2 heterocycles. The van der Waals surface area contributed by atoms with Gasteiger partial charge in [0.25, 0.3) is 0 Å². The molecule has 0 saturated carbocycles. The predicted molar refractivity (Wildman–Crippen MR) is 186 cm³/mol. The number of methoxy groups -OCH3 is 1. The highest BCUT2D eigenvalue weighted by atomic mass is 35.5. The topological polar surface area (TPSA) is 151 Å². The minimum atomic E-state index is -3.41. The average Bonchev–Trinajstić information content (AvgIpc) is 3.39. The van der Waals surface area contributed by atoms with Crippen LogP contribution in [-0.4, -0.2) is 70.6 Å². The van der Waals surface area contributed by atoms with Crippen LogP contribution in [0.15, 0.2) is 83.9 Å². The number of hydrogen-bond donors (Lipinski definition) is 4. The lowest BCUT2D eigenvalue weighted by Gasteiger charge is -2.14. The van der Waals surface area contributed by atoms with E-state index in [1.165, 1.54) is 6.55 Å². The fourth-order valence-corrected chi connectivity index (χ4v) is 6.71. The van der Waals surface area contributed by atoms with Crippen LogP contribution < -0.4 is 20.6 Å². The van der Waals surface area contributed by atoms with Gasteiger partial charge in [0.2, 0.25) is 11.8 Å². The highest BCUT2D eigenvalue weighted by Crippen LogP contribution is 2.34. The number of fused-ring (bicyclic) bond motifs is 4. The fourth-order valence-electron chi connectivity index (χ4n) is 5.76. The largest absolute Gasteiger partial charge is 0.497 e. The van der Waals surface area contributed by atoms with E-state index in [4.69, 9.17) is 21.3 Å². The molecule has 246 valence electrons. The maximum absolute atomic E-state index is 13.2. The van der Waals surface area contributed by atoms with Crippen molar-refractivity contribution in [3.05, 3.63) is 112 Å². The number of halogens is 1. The Morgan fingerprint density at radius 3 is 2.46 bits per heavy atom. The molecule has 0 unspecified atom stereocenters. The van der Waals surface area contributed by atoms with Crippen LogP contribution in [0.3, 0.4) is 0 Å². The van der Waals surface area contributed by atoms with Crippen molar-refractivity contribution in [3.63, 3.8) is 0 Å². The van der Waals surface area contributed by atoms with Gasteiger partial charge in [0.1, 0.15) is 17.6 Å². The Hall–Kier alpha value is -4.88. The molecule has 0 fully saturated rings. The molecule has 4 aromatic carbocycles. The maximum Gasteiger partial charge on any atom is 0.363 e. The van der Waals surface area contributed by atoms with Crippen molar-refractivity contribution >= 4 is 53.6 Å². The minimum Gasteiger partial charge on any atom is -0.497 e. The molecule has 48 heavy (non-hydrogen) atoms. The summed E-state index contributed by atoms with van der Waals surface area (Å²) >= 11 is 6.19. The number of nitrogens with zero attached hydrogens (tertiary/aromatic N) is 4. The first-order valence-electron chi connectivity index (χ1n) is 15.5. The first-order valence-corrected chi connectivity index (χ1v) is 18.2. The highest BCUT2D eigenvalue weighted by molar-refractivity contribution is 6.77. The quantitative estimate of drug-likeness (QED) is 0.165. The highest BCUT2D eigenvalue weighted by Gasteiger charge is 2.30. The summed E-state index contributed by atoms with van der Waals surface area (Å²) in [6.45, 7) is 3.47. The molecule has 1 atom stereocenters. The lowest BCUT2D eigenvalue weighted by molar-refractivity contribution is -0.126. The van der Waals surface area contributed by atoms with Crippen LogP contribution in [0.2, 0.25) is 11.6 Å². The molecule has 5 aromatic rings. The fraction of sp³-hybridized carbons (Fsp3) is 0.229. The molecule has 11 nitrogen and oxygen atoms in total. The number of hydrogen-bond acceptors (Lipinski definition) is 8. The zero-order valence-electron chi connectivity index (χ0n) is 26.7. The third kappa shape index (κ3) is 7.16. The van der Waals surface area contributed by atoms with E-state index in [2.05, 4.69) is 20.8 Å². The van der Waals surface area contributed by atoms with E-state index in [9.17, 15) is 19.2 Å². The Labute approximate surface area is 283 Å². The first-order chi connectivity index (χ1) is 23.0. The van der Waals surface area contributed by atoms with Crippen LogP contribution in [0, 0.1) is 6.92 Å². The van der Waals surface area contributed by atoms with Crippen molar-refractivity contribution < 1.29 is 23.9 Å². The van der Waals surface area contributed by atoms with Crippen molar-refractivity contribution in [2.75, 3.05) is 20.2 Å². The Morgan fingerprint density at radius 1 is 0.938 bits per heavy atom. The summed E-state index contributed by atoms with van der Waals surface area (Å²) in [7, 11) is -1.82. The van der Waals surface area contributed by atoms with Crippen molar-refractivity contribution in [2.45, 2.75) is 32.4 Å². The number of benzene rings is 4. The van der Waals surface area contributed by atoms with E-state index in [1.807, 2.05) is 66.1 Å². The first kappa shape index (κ1) is 33.0. The van der Waals surface area contributed by atoms with Gasteiger partial charge in [-0.3, -0.25) is 19.1 Å². The zero-order valence-corrected chi connectivity index (χ0v) is 28.5. The number of carbonyl (C=O) groups is 2. The normalized spacial score (nSPS) is 14.0. The minimum absolute atomic E-state index is 0.0592. The molecule has 1 aromatic heterocycles. The summed E-state index contributed by atoms with van der Waals surface area (Å²) in [4.78, 5) is 51.1. The summed E-state index contributed by atoms with van der Waals surface area (Å²) < 4.78 is 7.42. The molecule has 0 radical (unpaired) electrons. The summed E-state index contributed by atoms with van der Waals surface area (Å²) in [6.07, 6.45) is 0.508. The Bertz CT molecular complexity index is 2040.